The van der Waals surface area contributed by atoms with Gasteiger partial charge in [-0.25, -0.2) is 14.6 Å². The Balaban J connectivity index is 2.47. The minimum atomic E-state index is -0.648. The molecule has 98 valence electrons. The van der Waals surface area contributed by atoms with Gasteiger partial charge in [-0.15, -0.1) is 0 Å². The van der Waals surface area contributed by atoms with E-state index < -0.39 is 24.1 Å². The second-order valence-electron chi connectivity index (χ2n) is 4.53. The number of nitrogens with zero attached hydrogens (tertiary/aromatic N) is 1. The molecular formula is C12H14ClNO4. The lowest BCUT2D eigenvalue weighted by Gasteiger charge is -2.19. The molecule has 0 aliphatic rings. The SMILES string of the molecule is CC(C)(C)OC(=O)COC(=O)c1ccc(Cl)nc1. The molecule has 0 spiro atoms. The van der Waals surface area contributed by atoms with Gasteiger partial charge in [-0.05, 0) is 32.9 Å². The Morgan fingerprint density at radius 1 is 1.33 bits per heavy atom. The van der Waals surface area contributed by atoms with Crippen LogP contribution in [0, 0.1) is 0 Å². The Morgan fingerprint density at radius 3 is 2.50 bits per heavy atom. The van der Waals surface area contributed by atoms with Crippen molar-refractivity contribution in [2.75, 3.05) is 6.61 Å². The highest BCUT2D eigenvalue weighted by Gasteiger charge is 2.18. The maximum absolute atomic E-state index is 11.5. The van der Waals surface area contributed by atoms with Crippen molar-refractivity contribution < 1.29 is 19.1 Å². The Bertz CT molecular complexity index is 436. The Morgan fingerprint density at radius 2 is 2.00 bits per heavy atom. The van der Waals surface area contributed by atoms with E-state index in [4.69, 9.17) is 21.1 Å². The summed E-state index contributed by atoms with van der Waals surface area (Å²) < 4.78 is 9.77. The zero-order valence-electron chi connectivity index (χ0n) is 10.4. The van der Waals surface area contributed by atoms with Gasteiger partial charge in [-0.3, -0.25) is 0 Å². The molecule has 1 rings (SSSR count). The first-order valence-electron chi connectivity index (χ1n) is 5.28. The largest absolute Gasteiger partial charge is 0.457 e. The van der Waals surface area contributed by atoms with Gasteiger partial charge in [0.05, 0.1) is 5.56 Å². The van der Waals surface area contributed by atoms with E-state index in [1.54, 1.807) is 20.8 Å². The van der Waals surface area contributed by atoms with Crippen LogP contribution in [0.2, 0.25) is 5.15 Å². The minimum Gasteiger partial charge on any atom is -0.457 e. The van der Waals surface area contributed by atoms with Gasteiger partial charge in [0.1, 0.15) is 10.8 Å². The average Bonchev–Trinajstić information content (AvgIpc) is 2.24. The van der Waals surface area contributed by atoms with Crippen molar-refractivity contribution in [3.63, 3.8) is 0 Å². The van der Waals surface area contributed by atoms with Crippen LogP contribution >= 0.6 is 11.6 Å². The molecular weight excluding hydrogens is 258 g/mol. The van der Waals surface area contributed by atoms with Crippen LogP contribution in [0.3, 0.4) is 0 Å². The highest BCUT2D eigenvalue weighted by Crippen LogP contribution is 2.08. The average molecular weight is 272 g/mol. The quantitative estimate of drug-likeness (QED) is 0.623. The lowest BCUT2D eigenvalue weighted by molar-refractivity contribution is -0.158. The molecule has 0 unspecified atom stereocenters. The van der Waals surface area contributed by atoms with Gasteiger partial charge in [0, 0.05) is 6.20 Å². The lowest BCUT2D eigenvalue weighted by atomic mass is 10.2. The molecule has 5 nitrogen and oxygen atoms in total. The van der Waals surface area contributed by atoms with Gasteiger partial charge in [0.15, 0.2) is 6.61 Å². The zero-order chi connectivity index (χ0) is 13.8. The van der Waals surface area contributed by atoms with Gasteiger partial charge >= 0.3 is 11.9 Å². The minimum absolute atomic E-state index is 0.225. The highest BCUT2D eigenvalue weighted by atomic mass is 35.5. The Labute approximate surface area is 110 Å². The Kier molecular flexibility index (Phi) is 4.67. The summed E-state index contributed by atoms with van der Waals surface area (Å²) in [5, 5.41) is 0.277. The molecule has 0 aromatic carbocycles. The number of carbonyl (C=O) groups excluding carboxylic acids is 2. The second kappa shape index (κ2) is 5.82. The molecule has 0 N–H and O–H groups in total. The number of ether oxygens (including phenoxy) is 2. The summed E-state index contributed by atoms with van der Waals surface area (Å²) in [4.78, 5) is 26.6. The highest BCUT2D eigenvalue weighted by molar-refractivity contribution is 6.29. The van der Waals surface area contributed by atoms with Gasteiger partial charge in [0.2, 0.25) is 0 Å². The number of hydrogen-bond acceptors (Lipinski definition) is 5. The van der Waals surface area contributed by atoms with Crippen LogP contribution in [0.5, 0.6) is 0 Å². The number of esters is 2. The molecule has 6 heteroatoms. The van der Waals surface area contributed by atoms with Crippen LogP contribution in [0.4, 0.5) is 0 Å². The fourth-order valence-corrected chi connectivity index (χ4v) is 1.19. The van der Waals surface area contributed by atoms with Gasteiger partial charge < -0.3 is 9.47 Å². The molecule has 0 aliphatic heterocycles. The topological polar surface area (TPSA) is 65.5 Å². The van der Waals surface area contributed by atoms with Gasteiger partial charge in [0.25, 0.3) is 0 Å². The van der Waals surface area contributed by atoms with E-state index in [2.05, 4.69) is 4.98 Å². The molecule has 0 saturated carbocycles. The molecule has 1 heterocycles. The smallest absolute Gasteiger partial charge is 0.344 e. The summed E-state index contributed by atoms with van der Waals surface area (Å²) in [6, 6.07) is 2.93. The van der Waals surface area contributed by atoms with Crippen LogP contribution in [0.1, 0.15) is 31.1 Å². The summed E-state index contributed by atoms with van der Waals surface area (Å²) in [5.74, 6) is -1.25. The van der Waals surface area contributed by atoms with E-state index in [0.717, 1.165) is 0 Å². The molecule has 0 atom stereocenters. The summed E-state index contributed by atoms with van der Waals surface area (Å²) >= 11 is 5.58. The molecule has 1 aromatic heterocycles. The maximum Gasteiger partial charge on any atom is 0.344 e. The third kappa shape index (κ3) is 5.14. The van der Waals surface area contributed by atoms with E-state index in [9.17, 15) is 9.59 Å². The van der Waals surface area contributed by atoms with E-state index in [1.165, 1.54) is 18.3 Å². The van der Waals surface area contributed by atoms with Crippen LogP contribution in [0.15, 0.2) is 18.3 Å². The van der Waals surface area contributed by atoms with Crippen molar-refractivity contribution in [3.05, 3.63) is 29.0 Å². The normalized spacial score (nSPS) is 10.9. The summed E-state index contributed by atoms with van der Waals surface area (Å²) in [5.41, 5.74) is -0.381. The predicted molar refractivity (Wildman–Crippen MR) is 65.4 cm³/mol. The van der Waals surface area contributed by atoms with Crippen molar-refractivity contribution in [2.24, 2.45) is 0 Å². The third-order valence-corrected chi connectivity index (χ3v) is 1.93. The summed E-state index contributed by atoms with van der Waals surface area (Å²) in [7, 11) is 0. The summed E-state index contributed by atoms with van der Waals surface area (Å²) in [6.07, 6.45) is 1.28. The fraction of sp³-hybridized carbons (Fsp3) is 0.417. The fourth-order valence-electron chi connectivity index (χ4n) is 1.08. The molecule has 0 fully saturated rings. The van der Waals surface area contributed by atoms with Gasteiger partial charge in [-0.2, -0.15) is 0 Å². The first-order valence-corrected chi connectivity index (χ1v) is 5.66. The van der Waals surface area contributed by atoms with E-state index in [0.29, 0.717) is 0 Å². The molecule has 0 saturated heterocycles. The number of halogens is 1. The van der Waals surface area contributed by atoms with Crippen molar-refractivity contribution in [2.45, 2.75) is 26.4 Å². The number of pyridine rings is 1. The van der Waals surface area contributed by atoms with Gasteiger partial charge in [-0.1, -0.05) is 11.6 Å². The number of hydrogen-bond donors (Lipinski definition) is 0. The summed E-state index contributed by atoms with van der Waals surface area (Å²) in [6.45, 7) is 4.76. The molecule has 0 aliphatic carbocycles. The van der Waals surface area contributed by atoms with Crippen LogP contribution < -0.4 is 0 Å². The van der Waals surface area contributed by atoms with E-state index in [-0.39, 0.29) is 10.7 Å². The first-order chi connectivity index (χ1) is 8.28. The monoisotopic (exact) mass is 271 g/mol. The lowest BCUT2D eigenvalue weighted by Crippen LogP contribution is -2.27. The molecule has 0 bridgehead atoms. The predicted octanol–water partition coefficient (Wildman–Crippen LogP) is 2.23. The van der Waals surface area contributed by atoms with E-state index >= 15 is 0 Å². The second-order valence-corrected chi connectivity index (χ2v) is 4.92. The number of aromatic nitrogens is 1. The number of rotatable bonds is 3. The van der Waals surface area contributed by atoms with Crippen LogP contribution in [0.25, 0.3) is 0 Å². The van der Waals surface area contributed by atoms with Crippen molar-refractivity contribution in [1.82, 2.24) is 4.98 Å². The van der Waals surface area contributed by atoms with Crippen molar-refractivity contribution in [3.8, 4) is 0 Å². The maximum atomic E-state index is 11.5. The van der Waals surface area contributed by atoms with Crippen molar-refractivity contribution in [1.29, 1.82) is 0 Å². The zero-order valence-corrected chi connectivity index (χ0v) is 11.2. The molecule has 1 aromatic rings. The van der Waals surface area contributed by atoms with Crippen molar-refractivity contribution >= 4 is 23.5 Å². The van der Waals surface area contributed by atoms with Crippen LogP contribution in [-0.4, -0.2) is 29.1 Å². The first kappa shape index (κ1) is 14.4. The molecule has 0 amide bonds. The third-order valence-electron chi connectivity index (χ3n) is 1.70. The molecule has 0 radical (unpaired) electrons. The van der Waals surface area contributed by atoms with Crippen LogP contribution in [-0.2, 0) is 14.3 Å². The standard InChI is InChI=1S/C12H14ClNO4/c1-12(2,3)18-10(15)7-17-11(16)8-4-5-9(13)14-6-8/h4-6H,7H2,1-3H3. The Hall–Kier alpha value is -1.62. The molecule has 18 heavy (non-hydrogen) atoms. The van der Waals surface area contributed by atoms with E-state index in [1.807, 2.05) is 0 Å². The number of carbonyl (C=O) groups is 2.